The lowest BCUT2D eigenvalue weighted by Crippen LogP contribution is -2.21. The number of rotatable bonds is 9. The van der Waals surface area contributed by atoms with E-state index >= 15 is 0 Å². The first-order chi connectivity index (χ1) is 14.0. The normalized spacial score (nSPS) is 10.0. The number of anilines is 1. The maximum Gasteiger partial charge on any atom is 0.306 e. The summed E-state index contributed by atoms with van der Waals surface area (Å²) in [5.41, 5.74) is 2.33. The Morgan fingerprint density at radius 3 is 2.52 bits per heavy atom. The van der Waals surface area contributed by atoms with Crippen molar-refractivity contribution in [3.05, 3.63) is 47.5 Å². The van der Waals surface area contributed by atoms with Crippen molar-refractivity contribution >= 4 is 29.3 Å². The van der Waals surface area contributed by atoms with Crippen LogP contribution in [0.25, 0.3) is 0 Å². The molecule has 0 spiro atoms. The molecule has 0 aromatic heterocycles. The third kappa shape index (κ3) is 6.73. The van der Waals surface area contributed by atoms with Crippen molar-refractivity contribution in [1.82, 2.24) is 0 Å². The summed E-state index contributed by atoms with van der Waals surface area (Å²) < 4.78 is 15.5. The van der Waals surface area contributed by atoms with E-state index in [-0.39, 0.29) is 13.0 Å². The Bertz CT molecular complexity index is 924. The van der Waals surface area contributed by atoms with Gasteiger partial charge in [0.05, 0.1) is 14.2 Å². The quantitative estimate of drug-likeness (QED) is 0.379. The molecular weight excluding hydrogens is 392 g/mol. The number of nitriles is 1. The highest BCUT2D eigenvalue weighted by atomic mass is 32.2. The minimum atomic E-state index is -0.465. The van der Waals surface area contributed by atoms with Crippen LogP contribution in [0.5, 0.6) is 11.5 Å². The van der Waals surface area contributed by atoms with E-state index in [2.05, 4.69) is 5.32 Å². The number of nitrogens with one attached hydrogen (secondary N) is 1. The Morgan fingerprint density at radius 1 is 1.10 bits per heavy atom. The SMILES string of the molecule is COc1ccc(CCC(=O)OCC(=O)Nc2ccc(SC#N)cc2C)cc1OC. The van der Waals surface area contributed by atoms with Crippen molar-refractivity contribution in [2.45, 2.75) is 24.7 Å². The van der Waals surface area contributed by atoms with Crippen LogP contribution in [0, 0.1) is 17.6 Å². The summed E-state index contributed by atoms with van der Waals surface area (Å²) in [6, 6.07) is 10.7. The molecule has 0 aliphatic rings. The summed E-state index contributed by atoms with van der Waals surface area (Å²) >= 11 is 1.05. The number of esters is 1. The molecule has 0 aliphatic heterocycles. The van der Waals surface area contributed by atoms with Gasteiger partial charge in [0.2, 0.25) is 0 Å². The molecule has 0 atom stereocenters. The van der Waals surface area contributed by atoms with Crippen molar-refractivity contribution in [3.8, 4) is 16.9 Å². The third-order valence-electron chi connectivity index (χ3n) is 4.07. The van der Waals surface area contributed by atoms with Crippen LogP contribution in [0.3, 0.4) is 0 Å². The first kappa shape index (κ1) is 22.1. The maximum atomic E-state index is 12.0. The van der Waals surface area contributed by atoms with Crippen molar-refractivity contribution in [2.75, 3.05) is 26.1 Å². The van der Waals surface area contributed by atoms with Crippen LogP contribution in [0.1, 0.15) is 17.5 Å². The zero-order valence-corrected chi connectivity index (χ0v) is 17.3. The molecule has 0 aliphatic carbocycles. The second-order valence-electron chi connectivity index (χ2n) is 6.07. The van der Waals surface area contributed by atoms with E-state index in [4.69, 9.17) is 19.5 Å². The summed E-state index contributed by atoms with van der Waals surface area (Å²) in [4.78, 5) is 24.8. The monoisotopic (exact) mass is 414 g/mol. The molecule has 0 saturated heterocycles. The number of nitrogens with zero attached hydrogens (tertiary/aromatic N) is 1. The van der Waals surface area contributed by atoms with Gasteiger partial charge in [0, 0.05) is 17.0 Å². The molecule has 1 amide bonds. The van der Waals surface area contributed by atoms with Crippen molar-refractivity contribution in [3.63, 3.8) is 0 Å². The average Bonchev–Trinajstić information content (AvgIpc) is 2.72. The summed E-state index contributed by atoms with van der Waals surface area (Å²) in [5, 5.41) is 13.4. The number of carbonyl (C=O) groups is 2. The second-order valence-corrected chi connectivity index (χ2v) is 6.93. The second kappa shape index (κ2) is 11.0. The number of thioether (sulfide) groups is 1. The molecule has 0 saturated carbocycles. The van der Waals surface area contributed by atoms with E-state index in [0.717, 1.165) is 27.8 Å². The molecule has 0 bridgehead atoms. The van der Waals surface area contributed by atoms with E-state index in [0.29, 0.717) is 23.6 Å². The number of ether oxygens (including phenoxy) is 3. The van der Waals surface area contributed by atoms with Crippen molar-refractivity contribution in [2.24, 2.45) is 0 Å². The van der Waals surface area contributed by atoms with Crippen LogP contribution in [0.2, 0.25) is 0 Å². The smallest absolute Gasteiger partial charge is 0.306 e. The number of benzene rings is 2. The maximum absolute atomic E-state index is 12.0. The molecule has 0 fully saturated rings. The molecule has 152 valence electrons. The molecule has 2 rings (SSSR count). The predicted molar refractivity (Wildman–Crippen MR) is 110 cm³/mol. The highest BCUT2D eigenvalue weighted by Crippen LogP contribution is 2.28. The first-order valence-corrected chi connectivity index (χ1v) is 9.61. The fourth-order valence-electron chi connectivity index (χ4n) is 2.58. The molecule has 2 aromatic carbocycles. The summed E-state index contributed by atoms with van der Waals surface area (Å²) in [7, 11) is 3.10. The van der Waals surface area contributed by atoms with Gasteiger partial charge in [-0.15, -0.1) is 0 Å². The van der Waals surface area contributed by atoms with Gasteiger partial charge in [0.15, 0.2) is 18.1 Å². The predicted octanol–water partition coefficient (Wildman–Crippen LogP) is 3.70. The van der Waals surface area contributed by atoms with Crippen LogP contribution >= 0.6 is 11.8 Å². The van der Waals surface area contributed by atoms with Crippen molar-refractivity contribution in [1.29, 1.82) is 5.26 Å². The largest absolute Gasteiger partial charge is 0.493 e. The fraction of sp³-hybridized carbons (Fsp3) is 0.286. The lowest BCUT2D eigenvalue weighted by molar-refractivity contribution is -0.147. The number of hydrogen-bond acceptors (Lipinski definition) is 7. The number of methoxy groups -OCH3 is 2. The molecule has 1 N–H and O–H groups in total. The molecule has 29 heavy (non-hydrogen) atoms. The van der Waals surface area contributed by atoms with Crippen LogP contribution in [-0.2, 0) is 20.7 Å². The van der Waals surface area contributed by atoms with Gasteiger partial charge in [-0.3, -0.25) is 9.59 Å². The van der Waals surface area contributed by atoms with Crippen LogP contribution in [0.4, 0.5) is 5.69 Å². The highest BCUT2D eigenvalue weighted by Gasteiger charge is 2.11. The van der Waals surface area contributed by atoms with Gasteiger partial charge in [0.25, 0.3) is 5.91 Å². The van der Waals surface area contributed by atoms with Gasteiger partial charge in [-0.25, -0.2) is 0 Å². The molecule has 0 radical (unpaired) electrons. The van der Waals surface area contributed by atoms with E-state index in [1.54, 1.807) is 44.6 Å². The van der Waals surface area contributed by atoms with Gasteiger partial charge >= 0.3 is 5.97 Å². The Kier molecular flexibility index (Phi) is 8.37. The number of hydrogen-bond donors (Lipinski definition) is 1. The highest BCUT2D eigenvalue weighted by molar-refractivity contribution is 8.03. The number of amides is 1. The Balaban J connectivity index is 1.80. The number of thiocyanates is 1. The van der Waals surface area contributed by atoms with E-state index in [1.165, 1.54) is 0 Å². The van der Waals surface area contributed by atoms with E-state index in [1.807, 2.05) is 18.4 Å². The zero-order valence-electron chi connectivity index (χ0n) is 16.5. The summed E-state index contributed by atoms with van der Waals surface area (Å²) in [6.45, 7) is 1.46. The third-order valence-corrected chi connectivity index (χ3v) is 4.65. The van der Waals surface area contributed by atoms with E-state index in [9.17, 15) is 9.59 Å². The van der Waals surface area contributed by atoms with Crippen LogP contribution < -0.4 is 14.8 Å². The molecule has 0 unspecified atom stereocenters. The minimum absolute atomic E-state index is 0.141. The lowest BCUT2D eigenvalue weighted by Gasteiger charge is -2.10. The molecule has 0 heterocycles. The van der Waals surface area contributed by atoms with Crippen LogP contribution in [-0.4, -0.2) is 32.7 Å². The summed E-state index contributed by atoms with van der Waals surface area (Å²) in [6.07, 6.45) is 0.597. The Hall–Kier alpha value is -3.18. The average molecular weight is 414 g/mol. The Morgan fingerprint density at radius 2 is 1.86 bits per heavy atom. The van der Waals surface area contributed by atoms with Gasteiger partial charge in [-0.05, 0) is 66.6 Å². The van der Waals surface area contributed by atoms with Crippen LogP contribution in [0.15, 0.2) is 41.3 Å². The minimum Gasteiger partial charge on any atom is -0.493 e. The molecule has 7 nitrogen and oxygen atoms in total. The molecule has 2 aromatic rings. The number of carbonyl (C=O) groups excluding carboxylic acids is 2. The Labute approximate surface area is 174 Å². The fourth-order valence-corrected chi connectivity index (χ4v) is 3.06. The topological polar surface area (TPSA) is 97.6 Å². The first-order valence-electron chi connectivity index (χ1n) is 8.79. The number of aryl methyl sites for hydroxylation is 2. The van der Waals surface area contributed by atoms with Crippen molar-refractivity contribution < 1.29 is 23.8 Å². The molecular formula is C21H22N2O5S. The lowest BCUT2D eigenvalue weighted by atomic mass is 10.1. The standard InChI is InChI=1S/C21H22N2O5S/c1-14-10-16(29-13-22)6-7-17(14)23-20(24)12-28-21(25)9-5-15-4-8-18(26-2)19(11-15)27-3/h4,6-8,10-11H,5,9,12H2,1-3H3,(H,23,24). The zero-order chi connectivity index (χ0) is 21.2. The van der Waals surface area contributed by atoms with Gasteiger partial charge in [-0.2, -0.15) is 5.26 Å². The molecule has 8 heteroatoms. The summed E-state index contributed by atoms with van der Waals surface area (Å²) in [5.74, 6) is 0.318. The van der Waals surface area contributed by atoms with Gasteiger partial charge < -0.3 is 19.5 Å². The van der Waals surface area contributed by atoms with Gasteiger partial charge in [-0.1, -0.05) is 6.07 Å². The van der Waals surface area contributed by atoms with E-state index < -0.39 is 11.9 Å². The van der Waals surface area contributed by atoms with Gasteiger partial charge in [0.1, 0.15) is 5.40 Å².